The van der Waals surface area contributed by atoms with E-state index in [4.69, 9.17) is 4.74 Å². The van der Waals surface area contributed by atoms with Crippen LogP contribution in [0.4, 0.5) is 0 Å². The van der Waals surface area contributed by atoms with Crippen LogP contribution in [0.1, 0.15) is 16.8 Å². The van der Waals surface area contributed by atoms with E-state index in [0.29, 0.717) is 0 Å². The predicted octanol–water partition coefficient (Wildman–Crippen LogP) is 2.69. The fraction of sp³-hybridized carbons (Fsp3) is 0.267. The third kappa shape index (κ3) is 3.31. The molecule has 94 valence electrons. The van der Waals surface area contributed by atoms with E-state index < -0.39 is 0 Å². The lowest BCUT2D eigenvalue weighted by Gasteiger charge is -2.07. The van der Waals surface area contributed by atoms with Crippen molar-refractivity contribution >= 4 is 0 Å². The first-order chi connectivity index (χ1) is 8.79. The second-order valence-electron chi connectivity index (χ2n) is 4.22. The lowest BCUT2D eigenvalue weighted by atomic mass is 10.2. The number of rotatable bonds is 5. The molecule has 1 aromatic carbocycles. The third-order valence-electron chi connectivity index (χ3n) is 2.90. The van der Waals surface area contributed by atoms with Crippen LogP contribution in [-0.2, 0) is 13.1 Å². The summed E-state index contributed by atoms with van der Waals surface area (Å²) in [7, 11) is 1.68. The van der Waals surface area contributed by atoms with Crippen LogP contribution in [0.15, 0.2) is 42.6 Å². The van der Waals surface area contributed by atoms with Crippen LogP contribution in [-0.4, -0.2) is 12.1 Å². The monoisotopic (exact) mass is 242 g/mol. The van der Waals surface area contributed by atoms with Crippen LogP contribution < -0.4 is 10.1 Å². The highest BCUT2D eigenvalue weighted by molar-refractivity contribution is 5.27. The number of methoxy groups -OCH3 is 1. The Kier molecular flexibility index (Phi) is 4.31. The average Bonchev–Trinajstić information content (AvgIpc) is 2.42. The van der Waals surface area contributed by atoms with Gasteiger partial charge in [-0.25, -0.2) is 0 Å². The van der Waals surface area contributed by atoms with Gasteiger partial charge in [0.25, 0.3) is 0 Å². The average molecular weight is 242 g/mol. The second-order valence-corrected chi connectivity index (χ2v) is 4.22. The van der Waals surface area contributed by atoms with Crippen molar-refractivity contribution < 1.29 is 4.74 Å². The Morgan fingerprint density at radius 1 is 1.11 bits per heavy atom. The molecule has 0 aliphatic carbocycles. The van der Waals surface area contributed by atoms with Gasteiger partial charge in [-0.2, -0.15) is 0 Å². The van der Waals surface area contributed by atoms with Crippen LogP contribution in [0.5, 0.6) is 5.75 Å². The highest BCUT2D eigenvalue weighted by Crippen LogP contribution is 2.11. The van der Waals surface area contributed by atoms with E-state index in [1.165, 1.54) is 11.1 Å². The zero-order valence-corrected chi connectivity index (χ0v) is 10.8. The van der Waals surface area contributed by atoms with Gasteiger partial charge in [0.1, 0.15) is 5.75 Å². The van der Waals surface area contributed by atoms with Gasteiger partial charge in [0, 0.05) is 19.3 Å². The van der Waals surface area contributed by atoms with Gasteiger partial charge in [0.15, 0.2) is 0 Å². The van der Waals surface area contributed by atoms with Crippen molar-refractivity contribution in [2.45, 2.75) is 20.0 Å². The minimum atomic E-state index is 0.790. The SMILES string of the molecule is COc1ccc(CNCc2ncccc2C)cc1. The van der Waals surface area contributed by atoms with Gasteiger partial charge in [-0.1, -0.05) is 18.2 Å². The summed E-state index contributed by atoms with van der Waals surface area (Å²) in [6.07, 6.45) is 1.83. The van der Waals surface area contributed by atoms with Crippen molar-refractivity contribution in [1.82, 2.24) is 10.3 Å². The number of aryl methyl sites for hydroxylation is 1. The van der Waals surface area contributed by atoms with Gasteiger partial charge >= 0.3 is 0 Å². The van der Waals surface area contributed by atoms with E-state index in [-0.39, 0.29) is 0 Å². The molecule has 0 bridgehead atoms. The first-order valence-electron chi connectivity index (χ1n) is 6.04. The molecule has 1 aromatic heterocycles. The summed E-state index contributed by atoms with van der Waals surface area (Å²) in [5, 5.41) is 3.39. The Labute approximate surface area is 108 Å². The van der Waals surface area contributed by atoms with Gasteiger partial charge in [-0.3, -0.25) is 4.98 Å². The fourth-order valence-electron chi connectivity index (χ4n) is 1.77. The number of nitrogens with zero attached hydrogens (tertiary/aromatic N) is 1. The number of ether oxygens (including phenoxy) is 1. The molecular formula is C15H18N2O. The molecule has 1 heterocycles. The smallest absolute Gasteiger partial charge is 0.118 e. The lowest BCUT2D eigenvalue weighted by molar-refractivity contribution is 0.414. The molecule has 1 N–H and O–H groups in total. The summed E-state index contributed by atoms with van der Waals surface area (Å²) >= 11 is 0. The number of hydrogen-bond acceptors (Lipinski definition) is 3. The molecule has 0 saturated carbocycles. The van der Waals surface area contributed by atoms with Crippen LogP contribution in [0.3, 0.4) is 0 Å². The molecule has 2 rings (SSSR count). The molecule has 2 aromatic rings. The Morgan fingerprint density at radius 2 is 1.89 bits per heavy atom. The predicted molar refractivity (Wildman–Crippen MR) is 72.5 cm³/mol. The summed E-state index contributed by atoms with van der Waals surface area (Å²) in [5.74, 6) is 0.888. The highest BCUT2D eigenvalue weighted by Gasteiger charge is 1.98. The molecule has 3 heteroatoms. The standard InChI is InChI=1S/C15H18N2O/c1-12-4-3-9-17-15(12)11-16-10-13-5-7-14(18-2)8-6-13/h3-9,16H,10-11H2,1-2H3. The summed E-state index contributed by atoms with van der Waals surface area (Å²) in [4.78, 5) is 4.35. The Morgan fingerprint density at radius 3 is 2.56 bits per heavy atom. The van der Waals surface area contributed by atoms with Crippen LogP contribution in [0.25, 0.3) is 0 Å². The summed E-state index contributed by atoms with van der Waals surface area (Å²) in [6.45, 7) is 3.70. The number of nitrogens with one attached hydrogen (secondary N) is 1. The highest BCUT2D eigenvalue weighted by atomic mass is 16.5. The molecule has 0 fully saturated rings. The minimum absolute atomic E-state index is 0.790. The number of aromatic nitrogens is 1. The third-order valence-corrected chi connectivity index (χ3v) is 2.90. The normalized spacial score (nSPS) is 10.3. The number of hydrogen-bond donors (Lipinski definition) is 1. The maximum absolute atomic E-state index is 5.13. The quantitative estimate of drug-likeness (QED) is 0.875. The van der Waals surface area contributed by atoms with E-state index in [9.17, 15) is 0 Å². The zero-order valence-electron chi connectivity index (χ0n) is 10.8. The Balaban J connectivity index is 1.86. The molecule has 0 radical (unpaired) electrons. The van der Waals surface area contributed by atoms with E-state index in [0.717, 1.165) is 24.5 Å². The number of benzene rings is 1. The van der Waals surface area contributed by atoms with Crippen LogP contribution >= 0.6 is 0 Å². The van der Waals surface area contributed by atoms with Gasteiger partial charge < -0.3 is 10.1 Å². The van der Waals surface area contributed by atoms with Gasteiger partial charge in [-0.15, -0.1) is 0 Å². The second kappa shape index (κ2) is 6.17. The van der Waals surface area contributed by atoms with Crippen molar-refractivity contribution in [3.63, 3.8) is 0 Å². The minimum Gasteiger partial charge on any atom is -0.497 e. The first-order valence-corrected chi connectivity index (χ1v) is 6.04. The van der Waals surface area contributed by atoms with Crippen LogP contribution in [0.2, 0.25) is 0 Å². The van der Waals surface area contributed by atoms with Crippen molar-refractivity contribution in [2.75, 3.05) is 7.11 Å². The van der Waals surface area contributed by atoms with Crippen LogP contribution in [0, 0.1) is 6.92 Å². The maximum Gasteiger partial charge on any atom is 0.118 e. The van der Waals surface area contributed by atoms with Crippen molar-refractivity contribution in [3.8, 4) is 5.75 Å². The van der Waals surface area contributed by atoms with Gasteiger partial charge in [0.2, 0.25) is 0 Å². The topological polar surface area (TPSA) is 34.1 Å². The van der Waals surface area contributed by atoms with E-state index in [2.05, 4.69) is 35.4 Å². The van der Waals surface area contributed by atoms with Gasteiger partial charge in [0.05, 0.1) is 12.8 Å². The van der Waals surface area contributed by atoms with Crippen molar-refractivity contribution in [1.29, 1.82) is 0 Å². The fourth-order valence-corrected chi connectivity index (χ4v) is 1.77. The molecule has 0 atom stereocenters. The van der Waals surface area contributed by atoms with Crippen molar-refractivity contribution in [2.24, 2.45) is 0 Å². The molecule has 3 nitrogen and oxygen atoms in total. The maximum atomic E-state index is 5.13. The van der Waals surface area contributed by atoms with Crippen molar-refractivity contribution in [3.05, 3.63) is 59.4 Å². The largest absolute Gasteiger partial charge is 0.497 e. The molecule has 0 unspecified atom stereocenters. The first kappa shape index (κ1) is 12.6. The van der Waals surface area contributed by atoms with E-state index in [1.54, 1.807) is 7.11 Å². The molecule has 0 saturated heterocycles. The Hall–Kier alpha value is -1.87. The van der Waals surface area contributed by atoms with E-state index in [1.807, 2.05) is 24.4 Å². The Bertz CT molecular complexity index is 494. The summed E-state index contributed by atoms with van der Waals surface area (Å²) in [5.41, 5.74) is 3.56. The molecule has 0 spiro atoms. The lowest BCUT2D eigenvalue weighted by Crippen LogP contribution is -2.14. The molecule has 0 aliphatic rings. The molecule has 0 amide bonds. The van der Waals surface area contributed by atoms with Gasteiger partial charge in [-0.05, 0) is 36.2 Å². The van der Waals surface area contributed by atoms with E-state index >= 15 is 0 Å². The molecule has 18 heavy (non-hydrogen) atoms. The number of pyridine rings is 1. The molecular weight excluding hydrogens is 224 g/mol. The zero-order chi connectivity index (χ0) is 12.8. The molecule has 0 aliphatic heterocycles. The summed E-state index contributed by atoms with van der Waals surface area (Å²) < 4.78 is 5.13. The summed E-state index contributed by atoms with van der Waals surface area (Å²) in [6, 6.07) is 12.1.